The lowest BCUT2D eigenvalue weighted by molar-refractivity contribution is -0.115. The van der Waals surface area contributed by atoms with E-state index in [1.807, 2.05) is 0 Å². The van der Waals surface area contributed by atoms with Crippen molar-refractivity contribution in [3.8, 4) is 0 Å². The summed E-state index contributed by atoms with van der Waals surface area (Å²) in [5.41, 5.74) is 0.529. The molecule has 4 heteroatoms. The van der Waals surface area contributed by atoms with Gasteiger partial charge in [0.05, 0.1) is 6.10 Å². The molecule has 1 N–H and O–H groups in total. The zero-order chi connectivity index (χ0) is 15.3. The zero-order valence-electron chi connectivity index (χ0n) is 14.5. The fraction of sp³-hybridized carbons (Fsp3) is 1.00. The Kier molecular flexibility index (Phi) is 4.11. The summed E-state index contributed by atoms with van der Waals surface area (Å²) in [5, 5.41) is 3.89. The van der Waals surface area contributed by atoms with E-state index in [9.17, 15) is 0 Å². The fourth-order valence-corrected chi connectivity index (χ4v) is 4.62. The molecule has 2 aliphatic heterocycles. The second-order valence-corrected chi connectivity index (χ2v) is 8.53. The van der Waals surface area contributed by atoms with E-state index in [4.69, 9.17) is 4.74 Å². The molecule has 2 saturated heterocycles. The molecule has 0 spiro atoms. The molecule has 3 rings (SSSR count). The average Bonchev–Trinajstić information content (AvgIpc) is 2.85. The Bertz CT molecular complexity index is 374. The molecule has 122 valence electrons. The Labute approximate surface area is 130 Å². The second kappa shape index (κ2) is 5.48. The molecule has 4 nitrogen and oxygen atoms in total. The summed E-state index contributed by atoms with van der Waals surface area (Å²) in [6.45, 7) is 16.3. The summed E-state index contributed by atoms with van der Waals surface area (Å²) in [6.07, 6.45) is 1.72. The topological polar surface area (TPSA) is 27.7 Å². The lowest BCUT2D eigenvalue weighted by Crippen LogP contribution is -2.68. The van der Waals surface area contributed by atoms with Gasteiger partial charge in [0.2, 0.25) is 0 Å². The van der Waals surface area contributed by atoms with Gasteiger partial charge in [-0.15, -0.1) is 0 Å². The van der Waals surface area contributed by atoms with Crippen molar-refractivity contribution in [2.75, 3.05) is 46.4 Å². The lowest BCUT2D eigenvalue weighted by Gasteiger charge is -2.56. The van der Waals surface area contributed by atoms with Crippen LogP contribution in [0.1, 0.15) is 34.1 Å². The molecule has 3 fully saturated rings. The molecule has 0 aromatic rings. The van der Waals surface area contributed by atoms with E-state index < -0.39 is 0 Å². The molecule has 0 aromatic carbocycles. The third-order valence-electron chi connectivity index (χ3n) is 6.21. The summed E-state index contributed by atoms with van der Waals surface area (Å²) >= 11 is 0. The van der Waals surface area contributed by atoms with Crippen molar-refractivity contribution in [1.29, 1.82) is 0 Å². The average molecular weight is 295 g/mol. The van der Waals surface area contributed by atoms with Crippen LogP contribution in [-0.4, -0.2) is 73.9 Å². The van der Waals surface area contributed by atoms with Crippen molar-refractivity contribution in [2.24, 2.45) is 11.3 Å². The molecular formula is C17H33N3O. The number of ether oxygens (including phenoxy) is 1. The number of rotatable bonds is 4. The molecule has 1 saturated carbocycles. The predicted molar refractivity (Wildman–Crippen MR) is 86.6 cm³/mol. The van der Waals surface area contributed by atoms with Crippen LogP contribution in [0.2, 0.25) is 0 Å². The molecule has 0 aromatic heterocycles. The number of nitrogens with zero attached hydrogens (tertiary/aromatic N) is 2. The first-order chi connectivity index (χ1) is 9.82. The first-order valence-electron chi connectivity index (χ1n) is 8.61. The van der Waals surface area contributed by atoms with E-state index in [0.717, 1.165) is 19.1 Å². The highest BCUT2D eigenvalue weighted by molar-refractivity contribution is 5.11. The van der Waals surface area contributed by atoms with E-state index in [1.54, 1.807) is 0 Å². The maximum Gasteiger partial charge on any atom is 0.0685 e. The van der Waals surface area contributed by atoms with Gasteiger partial charge in [0, 0.05) is 62.2 Å². The molecular weight excluding hydrogens is 262 g/mol. The Morgan fingerprint density at radius 3 is 2.52 bits per heavy atom. The molecule has 1 aliphatic carbocycles. The van der Waals surface area contributed by atoms with Crippen molar-refractivity contribution >= 4 is 0 Å². The zero-order valence-corrected chi connectivity index (χ0v) is 14.5. The van der Waals surface area contributed by atoms with Gasteiger partial charge < -0.3 is 15.0 Å². The van der Waals surface area contributed by atoms with E-state index in [-0.39, 0.29) is 5.54 Å². The maximum atomic E-state index is 5.90. The Balaban J connectivity index is 1.54. The van der Waals surface area contributed by atoms with Gasteiger partial charge in [-0.2, -0.15) is 0 Å². The maximum absolute atomic E-state index is 5.90. The number of nitrogens with one attached hydrogen (secondary N) is 1. The molecule has 21 heavy (non-hydrogen) atoms. The summed E-state index contributed by atoms with van der Waals surface area (Å²) < 4.78 is 5.90. The Hall–Kier alpha value is -0.160. The first kappa shape index (κ1) is 15.7. The predicted octanol–water partition coefficient (Wildman–Crippen LogP) is 1.42. The highest BCUT2D eigenvalue weighted by atomic mass is 16.5. The third kappa shape index (κ3) is 2.76. The van der Waals surface area contributed by atoms with Crippen LogP contribution in [0.3, 0.4) is 0 Å². The van der Waals surface area contributed by atoms with Crippen molar-refractivity contribution in [3.63, 3.8) is 0 Å². The van der Waals surface area contributed by atoms with Crippen LogP contribution >= 0.6 is 0 Å². The van der Waals surface area contributed by atoms with Gasteiger partial charge in [-0.3, -0.25) is 4.90 Å². The van der Waals surface area contributed by atoms with Crippen LogP contribution in [0, 0.1) is 11.3 Å². The van der Waals surface area contributed by atoms with Crippen LogP contribution in [0.4, 0.5) is 0 Å². The van der Waals surface area contributed by atoms with E-state index in [1.165, 1.54) is 32.6 Å². The number of hydrogen-bond donors (Lipinski definition) is 1. The van der Waals surface area contributed by atoms with Crippen LogP contribution in [-0.2, 0) is 4.74 Å². The highest BCUT2D eigenvalue weighted by Crippen LogP contribution is 2.52. The Morgan fingerprint density at radius 2 is 1.86 bits per heavy atom. The SMILES string of the molecule is CN1CCN(C(C)(C)CNC2C3CCOC3C2(C)C)CC1. The second-order valence-electron chi connectivity index (χ2n) is 8.53. The smallest absolute Gasteiger partial charge is 0.0685 e. The molecule has 2 heterocycles. The van der Waals surface area contributed by atoms with Crippen molar-refractivity contribution in [2.45, 2.75) is 51.8 Å². The minimum atomic E-state index is 0.238. The van der Waals surface area contributed by atoms with Crippen LogP contribution in [0.5, 0.6) is 0 Å². The largest absolute Gasteiger partial charge is 0.377 e. The minimum Gasteiger partial charge on any atom is -0.377 e. The molecule has 0 amide bonds. The monoisotopic (exact) mass is 295 g/mol. The highest BCUT2D eigenvalue weighted by Gasteiger charge is 2.59. The van der Waals surface area contributed by atoms with E-state index in [0.29, 0.717) is 17.6 Å². The number of piperazine rings is 1. The molecule has 0 radical (unpaired) electrons. The van der Waals surface area contributed by atoms with Crippen LogP contribution in [0.25, 0.3) is 0 Å². The van der Waals surface area contributed by atoms with Crippen molar-refractivity contribution in [1.82, 2.24) is 15.1 Å². The van der Waals surface area contributed by atoms with Gasteiger partial charge in [0.15, 0.2) is 0 Å². The minimum absolute atomic E-state index is 0.238. The van der Waals surface area contributed by atoms with Gasteiger partial charge in [0.1, 0.15) is 0 Å². The van der Waals surface area contributed by atoms with Gasteiger partial charge in [-0.25, -0.2) is 0 Å². The van der Waals surface area contributed by atoms with Gasteiger partial charge in [-0.1, -0.05) is 13.8 Å². The van der Waals surface area contributed by atoms with Crippen molar-refractivity contribution < 1.29 is 4.74 Å². The standard InChI is InChI=1S/C17H33N3O/c1-16(2,20-9-7-19(5)8-10-20)12-18-14-13-6-11-21-15(13)17(14,3)4/h13-15,18H,6-12H2,1-5H3. The summed E-state index contributed by atoms with van der Waals surface area (Å²) in [6, 6.07) is 0.622. The number of fused-ring (bicyclic) bond motifs is 1. The van der Waals surface area contributed by atoms with Gasteiger partial charge in [-0.05, 0) is 27.3 Å². The van der Waals surface area contributed by atoms with E-state index in [2.05, 4.69) is 49.9 Å². The molecule has 0 bridgehead atoms. The number of likely N-dealkylation sites (N-methyl/N-ethyl adjacent to an activating group) is 1. The number of hydrogen-bond acceptors (Lipinski definition) is 4. The van der Waals surface area contributed by atoms with E-state index >= 15 is 0 Å². The molecule has 3 aliphatic rings. The summed E-state index contributed by atoms with van der Waals surface area (Å²) in [5.74, 6) is 0.739. The van der Waals surface area contributed by atoms with Gasteiger partial charge in [0.25, 0.3) is 0 Å². The third-order valence-corrected chi connectivity index (χ3v) is 6.21. The molecule has 3 atom stereocenters. The first-order valence-corrected chi connectivity index (χ1v) is 8.61. The quantitative estimate of drug-likeness (QED) is 0.849. The van der Waals surface area contributed by atoms with Crippen molar-refractivity contribution in [3.05, 3.63) is 0 Å². The summed E-state index contributed by atoms with van der Waals surface area (Å²) in [4.78, 5) is 5.07. The fourth-order valence-electron chi connectivity index (χ4n) is 4.62. The van der Waals surface area contributed by atoms with Gasteiger partial charge >= 0.3 is 0 Å². The lowest BCUT2D eigenvalue weighted by atomic mass is 9.57. The van der Waals surface area contributed by atoms with Crippen LogP contribution < -0.4 is 5.32 Å². The Morgan fingerprint density at radius 1 is 1.19 bits per heavy atom. The van der Waals surface area contributed by atoms with Crippen LogP contribution in [0.15, 0.2) is 0 Å². The normalized spacial score (nSPS) is 37.3. The summed E-state index contributed by atoms with van der Waals surface area (Å²) in [7, 11) is 2.22. The molecule has 3 unspecified atom stereocenters.